The first-order chi connectivity index (χ1) is 12.4. The Morgan fingerprint density at radius 1 is 1.08 bits per heavy atom. The van der Waals surface area contributed by atoms with Crippen molar-refractivity contribution in [2.75, 3.05) is 6.54 Å². The van der Waals surface area contributed by atoms with Gasteiger partial charge in [0.05, 0.1) is 6.42 Å². The van der Waals surface area contributed by atoms with Crippen molar-refractivity contribution in [3.05, 3.63) is 80.1 Å². The quantitative estimate of drug-likeness (QED) is 0.721. The summed E-state index contributed by atoms with van der Waals surface area (Å²) in [6.45, 7) is 4.50. The van der Waals surface area contributed by atoms with E-state index in [1.165, 1.54) is 5.56 Å². The molecule has 0 aliphatic rings. The fourth-order valence-corrected chi connectivity index (χ4v) is 3.02. The average molecular weight is 369 g/mol. The highest BCUT2D eigenvalue weighted by molar-refractivity contribution is 6.30. The van der Waals surface area contributed by atoms with Gasteiger partial charge in [-0.15, -0.1) is 0 Å². The van der Waals surface area contributed by atoms with Gasteiger partial charge in [-0.1, -0.05) is 23.7 Å². The maximum Gasteiger partial charge on any atom is 0.251 e. The number of hydrogen-bond donors (Lipinski definition) is 2. The van der Waals surface area contributed by atoms with Crippen LogP contribution in [0.25, 0.3) is 10.9 Å². The highest BCUT2D eigenvalue weighted by atomic mass is 35.5. The number of hydrogen-bond acceptors (Lipinski definition) is 2. The summed E-state index contributed by atoms with van der Waals surface area (Å²) in [6.07, 6.45) is 0.786. The maximum absolute atomic E-state index is 12.2. The summed E-state index contributed by atoms with van der Waals surface area (Å²) in [6, 6.07) is 13.2. The number of halogens is 1. The normalized spacial score (nSPS) is 10.9. The highest BCUT2D eigenvalue weighted by Gasteiger charge is 2.07. The van der Waals surface area contributed by atoms with Crippen LogP contribution in [0.5, 0.6) is 0 Å². The van der Waals surface area contributed by atoms with Crippen LogP contribution >= 0.6 is 11.6 Å². The molecule has 0 radical (unpaired) electrons. The summed E-state index contributed by atoms with van der Waals surface area (Å²) >= 11 is 5.84. The van der Waals surface area contributed by atoms with Gasteiger partial charge in [0.15, 0.2) is 0 Å². The molecule has 134 valence electrons. The molecule has 5 heteroatoms. The molecule has 1 amide bonds. The van der Waals surface area contributed by atoms with Gasteiger partial charge in [-0.2, -0.15) is 0 Å². The molecule has 2 aromatic carbocycles. The molecule has 0 aliphatic carbocycles. The van der Waals surface area contributed by atoms with Crippen LogP contribution in [0.1, 0.15) is 22.3 Å². The lowest BCUT2D eigenvalue weighted by molar-refractivity contribution is -0.120. The van der Waals surface area contributed by atoms with Gasteiger partial charge in [0.2, 0.25) is 5.91 Å². The van der Waals surface area contributed by atoms with Crippen LogP contribution in [-0.4, -0.2) is 17.4 Å². The summed E-state index contributed by atoms with van der Waals surface area (Å²) < 4.78 is 0. The van der Waals surface area contributed by atoms with Gasteiger partial charge in [0.1, 0.15) is 0 Å². The van der Waals surface area contributed by atoms with Gasteiger partial charge in [-0.3, -0.25) is 9.59 Å². The molecule has 0 fully saturated rings. The molecule has 0 saturated carbocycles. The smallest absolute Gasteiger partial charge is 0.251 e. The minimum Gasteiger partial charge on any atom is -0.355 e. The SMILES string of the molecule is Cc1cc2cc(CCNC(=O)Cc3ccc(Cl)cc3)c(=O)[nH]c2cc1C. The summed E-state index contributed by atoms with van der Waals surface area (Å²) in [5.41, 5.74) is 4.65. The van der Waals surface area contributed by atoms with Crippen molar-refractivity contribution in [3.63, 3.8) is 0 Å². The first-order valence-electron chi connectivity index (χ1n) is 8.56. The number of carbonyl (C=O) groups is 1. The summed E-state index contributed by atoms with van der Waals surface area (Å²) in [7, 11) is 0. The minimum atomic E-state index is -0.104. The Hall–Kier alpha value is -2.59. The molecular weight excluding hydrogens is 348 g/mol. The number of nitrogens with one attached hydrogen (secondary N) is 2. The first kappa shape index (κ1) is 18.2. The molecule has 1 heterocycles. The zero-order valence-corrected chi connectivity index (χ0v) is 15.6. The van der Waals surface area contributed by atoms with Gasteiger partial charge in [-0.25, -0.2) is 0 Å². The van der Waals surface area contributed by atoms with E-state index in [1.54, 1.807) is 12.1 Å². The Balaban J connectivity index is 1.63. The zero-order chi connectivity index (χ0) is 18.7. The Labute approximate surface area is 157 Å². The number of aromatic nitrogens is 1. The fourth-order valence-electron chi connectivity index (χ4n) is 2.89. The van der Waals surface area contributed by atoms with Crippen molar-refractivity contribution >= 4 is 28.4 Å². The lowest BCUT2D eigenvalue weighted by Gasteiger charge is -2.08. The second kappa shape index (κ2) is 7.75. The minimum absolute atomic E-state index is 0.0731. The number of fused-ring (bicyclic) bond motifs is 1. The molecule has 26 heavy (non-hydrogen) atoms. The predicted molar refractivity (Wildman–Crippen MR) is 106 cm³/mol. The maximum atomic E-state index is 12.2. The second-order valence-electron chi connectivity index (χ2n) is 6.55. The second-order valence-corrected chi connectivity index (χ2v) is 6.99. The van der Waals surface area contributed by atoms with Crippen LogP contribution in [-0.2, 0) is 17.6 Å². The van der Waals surface area contributed by atoms with E-state index in [9.17, 15) is 9.59 Å². The lowest BCUT2D eigenvalue weighted by Crippen LogP contribution is -2.28. The van der Waals surface area contributed by atoms with Crippen LogP contribution in [0.15, 0.2) is 47.3 Å². The Morgan fingerprint density at radius 2 is 1.77 bits per heavy atom. The number of aryl methyl sites for hydroxylation is 2. The number of aromatic amines is 1. The van der Waals surface area contributed by atoms with Crippen LogP contribution in [0.4, 0.5) is 0 Å². The van der Waals surface area contributed by atoms with Gasteiger partial charge < -0.3 is 10.3 Å². The molecule has 0 saturated heterocycles. The Kier molecular flexibility index (Phi) is 5.43. The number of benzene rings is 2. The monoisotopic (exact) mass is 368 g/mol. The van der Waals surface area contributed by atoms with E-state index >= 15 is 0 Å². The van der Waals surface area contributed by atoms with Gasteiger partial charge >= 0.3 is 0 Å². The third kappa shape index (κ3) is 4.33. The van der Waals surface area contributed by atoms with E-state index in [0.717, 1.165) is 22.0 Å². The first-order valence-corrected chi connectivity index (χ1v) is 8.94. The van der Waals surface area contributed by atoms with Crippen molar-refractivity contribution in [1.82, 2.24) is 10.3 Å². The van der Waals surface area contributed by atoms with Crippen molar-refractivity contribution in [2.24, 2.45) is 0 Å². The molecule has 4 nitrogen and oxygen atoms in total. The molecule has 2 N–H and O–H groups in total. The molecule has 3 rings (SSSR count). The fraction of sp³-hybridized carbons (Fsp3) is 0.238. The lowest BCUT2D eigenvalue weighted by atomic mass is 10.0. The van der Waals surface area contributed by atoms with E-state index in [2.05, 4.69) is 23.3 Å². The van der Waals surface area contributed by atoms with E-state index < -0.39 is 0 Å². The topological polar surface area (TPSA) is 62.0 Å². The van der Waals surface area contributed by atoms with Crippen molar-refractivity contribution in [3.8, 4) is 0 Å². The summed E-state index contributed by atoms with van der Waals surface area (Å²) in [4.78, 5) is 27.2. The standard InChI is InChI=1S/C21H21ClN2O2/c1-13-9-17-12-16(21(26)24-19(17)10-14(13)2)7-8-23-20(25)11-15-3-5-18(22)6-4-15/h3-6,9-10,12H,7-8,11H2,1-2H3,(H,23,25)(H,24,26). The van der Waals surface area contributed by atoms with E-state index in [-0.39, 0.29) is 11.5 Å². The van der Waals surface area contributed by atoms with Crippen LogP contribution in [0.2, 0.25) is 5.02 Å². The molecule has 0 spiro atoms. The number of carbonyl (C=O) groups excluding carboxylic acids is 1. The van der Waals surface area contributed by atoms with Crippen LogP contribution in [0.3, 0.4) is 0 Å². The van der Waals surface area contributed by atoms with Gasteiger partial charge in [0.25, 0.3) is 5.56 Å². The van der Waals surface area contributed by atoms with Crippen LogP contribution in [0, 0.1) is 13.8 Å². The van der Waals surface area contributed by atoms with Crippen molar-refractivity contribution < 1.29 is 4.79 Å². The Bertz CT molecular complexity index is 1010. The van der Waals surface area contributed by atoms with E-state index in [0.29, 0.717) is 30.0 Å². The largest absolute Gasteiger partial charge is 0.355 e. The number of rotatable bonds is 5. The van der Waals surface area contributed by atoms with Gasteiger partial charge in [-0.05, 0) is 72.7 Å². The third-order valence-electron chi connectivity index (χ3n) is 4.53. The molecule has 0 aliphatic heterocycles. The highest BCUT2D eigenvalue weighted by Crippen LogP contribution is 2.17. The van der Waals surface area contributed by atoms with Gasteiger partial charge in [0, 0.05) is 22.6 Å². The van der Waals surface area contributed by atoms with E-state index in [1.807, 2.05) is 31.2 Å². The molecular formula is C21H21ClN2O2. The third-order valence-corrected chi connectivity index (χ3v) is 4.78. The molecule has 1 aromatic heterocycles. The Morgan fingerprint density at radius 3 is 2.50 bits per heavy atom. The number of H-pyrrole nitrogens is 1. The van der Waals surface area contributed by atoms with Crippen LogP contribution < -0.4 is 10.9 Å². The number of amides is 1. The molecule has 0 atom stereocenters. The average Bonchev–Trinajstić information content (AvgIpc) is 2.59. The van der Waals surface area contributed by atoms with Crippen molar-refractivity contribution in [2.45, 2.75) is 26.7 Å². The van der Waals surface area contributed by atoms with E-state index in [4.69, 9.17) is 11.6 Å². The molecule has 0 bridgehead atoms. The zero-order valence-electron chi connectivity index (χ0n) is 14.9. The summed E-state index contributed by atoms with van der Waals surface area (Å²) in [5.74, 6) is -0.0731. The van der Waals surface area contributed by atoms with Crippen molar-refractivity contribution in [1.29, 1.82) is 0 Å². The molecule has 0 unspecified atom stereocenters. The molecule has 3 aromatic rings. The number of pyridine rings is 1. The predicted octanol–water partition coefficient (Wildman–Crippen LogP) is 3.70. The summed E-state index contributed by atoms with van der Waals surface area (Å²) in [5, 5.41) is 4.52.